The quantitative estimate of drug-likeness (QED) is 0.721. The van der Waals surface area contributed by atoms with Gasteiger partial charge in [-0.25, -0.2) is 0 Å². The smallest absolute Gasteiger partial charge is 0.0221 e. The van der Waals surface area contributed by atoms with Crippen molar-refractivity contribution >= 4 is 21.5 Å². The molecule has 0 saturated carbocycles. The molecule has 0 radical (unpaired) electrons. The molecule has 0 N–H and O–H groups in total. The fourth-order valence-corrected chi connectivity index (χ4v) is 2.04. The Morgan fingerprint density at radius 3 is 1.62 bits per heavy atom. The van der Waals surface area contributed by atoms with Gasteiger partial charge in [0.25, 0.3) is 0 Å². The van der Waals surface area contributed by atoms with Crippen molar-refractivity contribution in [1.29, 1.82) is 0 Å². The van der Waals surface area contributed by atoms with Crippen molar-refractivity contribution < 1.29 is 0 Å². The molecule has 0 atom stereocenters. The monoisotopic (exact) mass is 272 g/mol. The Morgan fingerprint density at radius 2 is 1.25 bits per heavy atom. The fraction of sp³-hybridized carbons (Fsp3) is 0.0667. The summed E-state index contributed by atoms with van der Waals surface area (Å²) in [5, 5.41) is 0.867. The fourth-order valence-electron chi connectivity index (χ4n) is 1.71. The van der Waals surface area contributed by atoms with E-state index in [0.717, 1.165) is 5.33 Å². The number of hydrogen-bond acceptors (Lipinski definition) is 0. The second kappa shape index (κ2) is 5.66. The molecule has 0 heterocycles. The van der Waals surface area contributed by atoms with E-state index in [2.05, 4.69) is 70.5 Å². The van der Waals surface area contributed by atoms with Crippen molar-refractivity contribution in [3.05, 3.63) is 77.9 Å². The van der Waals surface area contributed by atoms with Crippen LogP contribution in [0.3, 0.4) is 0 Å². The van der Waals surface area contributed by atoms with Gasteiger partial charge in [-0.2, -0.15) is 0 Å². The minimum Gasteiger partial charge on any atom is -0.0883 e. The lowest BCUT2D eigenvalue weighted by Crippen LogP contribution is -1.87. The highest BCUT2D eigenvalue weighted by molar-refractivity contribution is 9.09. The second-order valence-corrected chi connectivity index (χ2v) is 4.15. The molecule has 2 aromatic carbocycles. The third-order valence-electron chi connectivity index (χ3n) is 2.45. The Hall–Kier alpha value is -1.34. The largest absolute Gasteiger partial charge is 0.0883 e. The molecule has 16 heavy (non-hydrogen) atoms. The predicted octanol–water partition coefficient (Wildman–Crippen LogP) is 4.51. The predicted molar refractivity (Wildman–Crippen MR) is 73.8 cm³/mol. The Balaban J connectivity index is 2.44. The van der Waals surface area contributed by atoms with Gasteiger partial charge >= 0.3 is 0 Å². The molecule has 0 spiro atoms. The van der Waals surface area contributed by atoms with E-state index in [-0.39, 0.29) is 0 Å². The minimum absolute atomic E-state index is 0.867. The Morgan fingerprint density at radius 1 is 0.812 bits per heavy atom. The standard InChI is InChI=1S/C15H13Br/c16-12-11-15(13-7-3-1-4-8-13)14-9-5-2-6-10-14/h1-11H,12H2. The summed E-state index contributed by atoms with van der Waals surface area (Å²) in [6.45, 7) is 0. The first-order valence-electron chi connectivity index (χ1n) is 5.29. The lowest BCUT2D eigenvalue weighted by molar-refractivity contribution is 1.53. The zero-order chi connectivity index (χ0) is 11.2. The van der Waals surface area contributed by atoms with Gasteiger partial charge in [-0.15, -0.1) is 0 Å². The van der Waals surface area contributed by atoms with Crippen LogP contribution in [0.1, 0.15) is 11.1 Å². The van der Waals surface area contributed by atoms with Gasteiger partial charge in [0.05, 0.1) is 0 Å². The van der Waals surface area contributed by atoms with Crippen LogP contribution in [0, 0.1) is 0 Å². The summed E-state index contributed by atoms with van der Waals surface area (Å²) in [7, 11) is 0. The van der Waals surface area contributed by atoms with Gasteiger partial charge in [0.2, 0.25) is 0 Å². The highest BCUT2D eigenvalue weighted by atomic mass is 79.9. The maximum atomic E-state index is 3.47. The molecule has 0 nitrogen and oxygen atoms in total. The first-order valence-corrected chi connectivity index (χ1v) is 6.41. The Kier molecular flexibility index (Phi) is 3.95. The molecule has 0 saturated heterocycles. The number of alkyl halides is 1. The molecule has 2 aromatic rings. The topological polar surface area (TPSA) is 0 Å². The van der Waals surface area contributed by atoms with Crippen LogP contribution in [-0.4, -0.2) is 5.33 Å². The van der Waals surface area contributed by atoms with Crippen LogP contribution in [0.4, 0.5) is 0 Å². The van der Waals surface area contributed by atoms with Crippen LogP contribution in [0.2, 0.25) is 0 Å². The summed E-state index contributed by atoms with van der Waals surface area (Å²) < 4.78 is 0. The molecule has 0 amide bonds. The van der Waals surface area contributed by atoms with Gasteiger partial charge in [0, 0.05) is 5.33 Å². The van der Waals surface area contributed by atoms with Gasteiger partial charge in [-0.3, -0.25) is 0 Å². The number of halogens is 1. The van der Waals surface area contributed by atoms with Gasteiger partial charge in [0.1, 0.15) is 0 Å². The Labute approximate surface area is 105 Å². The third-order valence-corrected chi connectivity index (χ3v) is 2.77. The summed E-state index contributed by atoms with van der Waals surface area (Å²) in [6.07, 6.45) is 2.20. The molecule has 2 rings (SSSR count). The molecular weight excluding hydrogens is 260 g/mol. The van der Waals surface area contributed by atoms with Gasteiger partial charge in [-0.05, 0) is 16.7 Å². The van der Waals surface area contributed by atoms with Gasteiger partial charge in [-0.1, -0.05) is 82.7 Å². The van der Waals surface area contributed by atoms with E-state index in [1.54, 1.807) is 0 Å². The molecule has 0 aliphatic rings. The van der Waals surface area contributed by atoms with Crippen LogP contribution in [0.25, 0.3) is 5.57 Å². The summed E-state index contributed by atoms with van der Waals surface area (Å²) in [4.78, 5) is 0. The zero-order valence-corrected chi connectivity index (χ0v) is 10.5. The summed E-state index contributed by atoms with van der Waals surface area (Å²) in [5.41, 5.74) is 3.79. The van der Waals surface area contributed by atoms with E-state index in [1.807, 2.05) is 12.1 Å². The highest BCUT2D eigenvalue weighted by Gasteiger charge is 2.02. The van der Waals surface area contributed by atoms with Crippen molar-refractivity contribution in [2.75, 3.05) is 5.33 Å². The van der Waals surface area contributed by atoms with Crippen LogP contribution in [0.15, 0.2) is 66.7 Å². The van der Waals surface area contributed by atoms with Gasteiger partial charge in [0.15, 0.2) is 0 Å². The summed E-state index contributed by atoms with van der Waals surface area (Å²) in [5.74, 6) is 0. The van der Waals surface area contributed by atoms with E-state index < -0.39 is 0 Å². The second-order valence-electron chi connectivity index (χ2n) is 3.50. The normalized spacial score (nSPS) is 9.81. The molecule has 80 valence electrons. The molecule has 0 aliphatic heterocycles. The summed E-state index contributed by atoms with van der Waals surface area (Å²) in [6, 6.07) is 20.9. The zero-order valence-electron chi connectivity index (χ0n) is 8.94. The van der Waals surface area contributed by atoms with Crippen LogP contribution < -0.4 is 0 Å². The molecule has 0 unspecified atom stereocenters. The highest BCUT2D eigenvalue weighted by Crippen LogP contribution is 2.23. The lowest BCUT2D eigenvalue weighted by atomic mass is 9.98. The molecule has 0 bridgehead atoms. The molecule has 0 aliphatic carbocycles. The SMILES string of the molecule is BrCC=C(c1ccccc1)c1ccccc1. The number of benzene rings is 2. The third kappa shape index (κ3) is 2.61. The lowest BCUT2D eigenvalue weighted by Gasteiger charge is -2.07. The van der Waals surface area contributed by atoms with Crippen LogP contribution in [-0.2, 0) is 0 Å². The van der Waals surface area contributed by atoms with Crippen LogP contribution >= 0.6 is 15.9 Å². The van der Waals surface area contributed by atoms with E-state index in [0.29, 0.717) is 0 Å². The Bertz CT molecular complexity index is 416. The van der Waals surface area contributed by atoms with E-state index in [9.17, 15) is 0 Å². The molecule has 0 fully saturated rings. The van der Waals surface area contributed by atoms with E-state index in [4.69, 9.17) is 0 Å². The maximum Gasteiger partial charge on any atom is 0.0221 e. The van der Waals surface area contributed by atoms with Crippen molar-refractivity contribution in [3.63, 3.8) is 0 Å². The molecular formula is C15H13Br. The van der Waals surface area contributed by atoms with E-state index >= 15 is 0 Å². The summed E-state index contributed by atoms with van der Waals surface area (Å²) >= 11 is 3.47. The minimum atomic E-state index is 0.867. The van der Waals surface area contributed by atoms with Crippen molar-refractivity contribution in [2.24, 2.45) is 0 Å². The number of rotatable bonds is 3. The first kappa shape index (κ1) is 11.2. The van der Waals surface area contributed by atoms with Gasteiger partial charge < -0.3 is 0 Å². The van der Waals surface area contributed by atoms with Crippen LogP contribution in [0.5, 0.6) is 0 Å². The number of hydrogen-bond donors (Lipinski definition) is 0. The maximum absolute atomic E-state index is 3.47. The van der Waals surface area contributed by atoms with E-state index in [1.165, 1.54) is 16.7 Å². The molecule has 1 heteroatoms. The van der Waals surface area contributed by atoms with Crippen molar-refractivity contribution in [2.45, 2.75) is 0 Å². The van der Waals surface area contributed by atoms with Crippen molar-refractivity contribution in [1.82, 2.24) is 0 Å². The first-order chi connectivity index (χ1) is 7.92. The average Bonchev–Trinajstić information content (AvgIpc) is 2.38. The molecule has 0 aromatic heterocycles. The van der Waals surface area contributed by atoms with Crippen molar-refractivity contribution in [3.8, 4) is 0 Å². The average molecular weight is 273 g/mol. The number of allylic oxidation sites excluding steroid dienone is 1.